The molecular weight excluding hydrogens is 424 g/mol. The lowest BCUT2D eigenvalue weighted by atomic mass is 10.2. The largest absolute Gasteiger partial charge is 0.306 e. The SMILES string of the molecule is Cc1cc(NC(=O)c2cccc(SC(C)C)c2)n(-c2nc3c(Cl)cccc3s2)n1. The average molecular weight is 443 g/mol. The van der Waals surface area contributed by atoms with Gasteiger partial charge in [0.15, 0.2) is 0 Å². The number of rotatable bonds is 5. The molecule has 1 amide bonds. The zero-order valence-electron chi connectivity index (χ0n) is 16.1. The summed E-state index contributed by atoms with van der Waals surface area (Å²) in [5.41, 5.74) is 2.13. The Morgan fingerprint density at radius 1 is 1.21 bits per heavy atom. The summed E-state index contributed by atoms with van der Waals surface area (Å²) in [6.07, 6.45) is 0. The van der Waals surface area contributed by atoms with Crippen molar-refractivity contribution in [2.45, 2.75) is 30.9 Å². The van der Waals surface area contributed by atoms with Gasteiger partial charge in [-0.15, -0.1) is 11.8 Å². The highest BCUT2D eigenvalue weighted by molar-refractivity contribution is 7.99. The third kappa shape index (κ3) is 4.32. The highest BCUT2D eigenvalue weighted by Crippen LogP contribution is 2.31. The second-order valence-electron chi connectivity index (χ2n) is 6.81. The fraction of sp³-hybridized carbons (Fsp3) is 0.190. The number of carbonyl (C=O) groups excluding carboxylic acids is 1. The molecule has 0 unspecified atom stereocenters. The molecule has 0 spiro atoms. The van der Waals surface area contributed by atoms with Crippen molar-refractivity contribution in [1.82, 2.24) is 14.8 Å². The van der Waals surface area contributed by atoms with Gasteiger partial charge in [0.2, 0.25) is 5.13 Å². The quantitative estimate of drug-likeness (QED) is 0.374. The number of amides is 1. The number of hydrogen-bond acceptors (Lipinski definition) is 5. The van der Waals surface area contributed by atoms with Gasteiger partial charge in [-0.1, -0.05) is 48.9 Å². The number of fused-ring (bicyclic) bond motifs is 1. The number of nitrogens with zero attached hydrogens (tertiary/aromatic N) is 3. The summed E-state index contributed by atoms with van der Waals surface area (Å²) in [5.74, 6) is 0.390. The Morgan fingerprint density at radius 2 is 2.00 bits per heavy atom. The Morgan fingerprint density at radius 3 is 2.76 bits per heavy atom. The molecule has 8 heteroatoms. The second kappa shape index (κ2) is 8.18. The summed E-state index contributed by atoms with van der Waals surface area (Å²) >= 11 is 9.46. The van der Waals surface area contributed by atoms with Crippen LogP contribution in [0.2, 0.25) is 5.02 Å². The molecule has 2 heterocycles. The van der Waals surface area contributed by atoms with E-state index in [2.05, 4.69) is 29.2 Å². The van der Waals surface area contributed by atoms with E-state index < -0.39 is 0 Å². The lowest BCUT2D eigenvalue weighted by Gasteiger charge is -2.09. The second-order valence-corrected chi connectivity index (χ2v) is 9.88. The smallest absolute Gasteiger partial charge is 0.256 e. The lowest BCUT2D eigenvalue weighted by Crippen LogP contribution is -2.15. The molecular formula is C21H19ClN4OS2. The number of aromatic nitrogens is 3. The van der Waals surface area contributed by atoms with Crippen molar-refractivity contribution in [1.29, 1.82) is 0 Å². The molecule has 0 aliphatic rings. The maximum Gasteiger partial charge on any atom is 0.256 e. The Kier molecular flexibility index (Phi) is 5.63. The van der Waals surface area contributed by atoms with Gasteiger partial charge in [0.05, 0.1) is 15.4 Å². The summed E-state index contributed by atoms with van der Waals surface area (Å²) in [4.78, 5) is 18.6. The van der Waals surface area contributed by atoms with E-state index in [1.54, 1.807) is 16.4 Å². The summed E-state index contributed by atoms with van der Waals surface area (Å²) in [5, 5.41) is 9.18. The number of thiazole rings is 1. The van der Waals surface area contributed by atoms with Crippen LogP contribution in [-0.4, -0.2) is 25.9 Å². The van der Waals surface area contributed by atoms with Gasteiger partial charge in [-0.2, -0.15) is 9.78 Å². The van der Waals surface area contributed by atoms with Crippen LogP contribution < -0.4 is 5.32 Å². The van der Waals surface area contributed by atoms with E-state index in [0.717, 1.165) is 20.8 Å². The molecule has 2 aromatic carbocycles. The van der Waals surface area contributed by atoms with E-state index in [1.807, 2.05) is 55.5 Å². The minimum absolute atomic E-state index is 0.184. The normalized spacial score (nSPS) is 11.3. The maximum atomic E-state index is 12.9. The van der Waals surface area contributed by atoms with Crippen molar-refractivity contribution in [2.75, 3.05) is 5.32 Å². The summed E-state index contributed by atoms with van der Waals surface area (Å²) in [6, 6.07) is 15.1. The van der Waals surface area contributed by atoms with E-state index in [9.17, 15) is 4.79 Å². The summed E-state index contributed by atoms with van der Waals surface area (Å²) in [7, 11) is 0. The zero-order chi connectivity index (χ0) is 20.5. The van der Waals surface area contributed by atoms with Crippen LogP contribution in [0.1, 0.15) is 29.9 Å². The van der Waals surface area contributed by atoms with Crippen LogP contribution in [0.25, 0.3) is 15.3 Å². The van der Waals surface area contributed by atoms with Crippen molar-refractivity contribution in [2.24, 2.45) is 0 Å². The number of hydrogen-bond donors (Lipinski definition) is 1. The van der Waals surface area contributed by atoms with Crippen LogP contribution in [0.15, 0.2) is 53.4 Å². The predicted octanol–water partition coefficient (Wildman–Crippen LogP) is 6.20. The number of nitrogens with one attached hydrogen (secondary N) is 1. The first-order valence-electron chi connectivity index (χ1n) is 9.11. The minimum atomic E-state index is -0.184. The van der Waals surface area contributed by atoms with Gasteiger partial charge in [0.1, 0.15) is 11.3 Å². The number of carbonyl (C=O) groups is 1. The molecule has 0 bridgehead atoms. The lowest BCUT2D eigenvalue weighted by molar-refractivity contribution is 0.102. The zero-order valence-corrected chi connectivity index (χ0v) is 18.5. The first kappa shape index (κ1) is 19.9. The Hall–Kier alpha value is -2.35. The van der Waals surface area contributed by atoms with Gasteiger partial charge in [-0.05, 0) is 37.3 Å². The van der Waals surface area contributed by atoms with Gasteiger partial charge in [-0.25, -0.2) is 4.98 Å². The number of aryl methyl sites for hydroxylation is 1. The third-order valence-corrected chi connectivity index (χ3v) is 6.38. The molecule has 0 atom stereocenters. The molecule has 0 saturated heterocycles. The first-order chi connectivity index (χ1) is 13.9. The van der Waals surface area contributed by atoms with Gasteiger partial charge in [0, 0.05) is 21.8 Å². The average Bonchev–Trinajstić information content (AvgIpc) is 3.25. The van der Waals surface area contributed by atoms with Crippen molar-refractivity contribution in [3.8, 4) is 5.13 Å². The van der Waals surface area contributed by atoms with Crippen LogP contribution >= 0.6 is 34.7 Å². The summed E-state index contributed by atoms with van der Waals surface area (Å²) < 4.78 is 2.62. The molecule has 0 fully saturated rings. The van der Waals surface area contributed by atoms with Crippen molar-refractivity contribution >= 4 is 56.6 Å². The highest BCUT2D eigenvalue weighted by atomic mass is 35.5. The number of anilines is 1. The number of para-hydroxylation sites is 1. The fourth-order valence-corrected chi connectivity index (χ4v) is 5.03. The van der Waals surface area contributed by atoms with Crippen LogP contribution in [0.4, 0.5) is 5.82 Å². The predicted molar refractivity (Wildman–Crippen MR) is 122 cm³/mol. The van der Waals surface area contributed by atoms with Crippen LogP contribution in [0.3, 0.4) is 0 Å². The third-order valence-electron chi connectivity index (χ3n) is 4.08. The molecule has 5 nitrogen and oxygen atoms in total. The van der Waals surface area contributed by atoms with E-state index in [1.165, 1.54) is 11.3 Å². The molecule has 1 N–H and O–H groups in total. The van der Waals surface area contributed by atoms with Crippen molar-refractivity contribution in [3.05, 3.63) is 64.8 Å². The van der Waals surface area contributed by atoms with E-state index in [-0.39, 0.29) is 5.91 Å². The molecule has 4 aromatic rings. The molecule has 0 aliphatic carbocycles. The maximum absolute atomic E-state index is 12.9. The number of halogens is 1. The minimum Gasteiger partial charge on any atom is -0.306 e. The molecule has 4 rings (SSSR count). The first-order valence-corrected chi connectivity index (χ1v) is 11.2. The molecule has 148 valence electrons. The van der Waals surface area contributed by atoms with Gasteiger partial charge >= 0.3 is 0 Å². The van der Waals surface area contributed by atoms with Crippen LogP contribution in [0, 0.1) is 6.92 Å². The molecule has 29 heavy (non-hydrogen) atoms. The summed E-state index contributed by atoms with van der Waals surface area (Å²) in [6.45, 7) is 6.14. The molecule has 0 radical (unpaired) electrons. The standard InChI is InChI=1S/C21H19ClN4OS2/c1-12(2)28-15-7-4-6-14(11-15)20(27)23-18-10-13(3)25-26(18)21-24-19-16(22)8-5-9-17(19)29-21/h4-12H,1-3H3,(H,23,27). The number of benzene rings is 2. The Bertz CT molecular complexity index is 1200. The van der Waals surface area contributed by atoms with Crippen molar-refractivity contribution in [3.63, 3.8) is 0 Å². The van der Waals surface area contributed by atoms with E-state index in [0.29, 0.717) is 26.8 Å². The topological polar surface area (TPSA) is 59.8 Å². The van der Waals surface area contributed by atoms with Crippen LogP contribution in [0.5, 0.6) is 0 Å². The Labute approximate surface area is 182 Å². The van der Waals surface area contributed by atoms with Crippen LogP contribution in [-0.2, 0) is 0 Å². The highest BCUT2D eigenvalue weighted by Gasteiger charge is 2.16. The number of thioether (sulfide) groups is 1. The van der Waals surface area contributed by atoms with E-state index >= 15 is 0 Å². The van der Waals surface area contributed by atoms with Gasteiger partial charge in [0.25, 0.3) is 5.91 Å². The fourth-order valence-electron chi connectivity index (χ4n) is 2.90. The van der Waals surface area contributed by atoms with E-state index in [4.69, 9.17) is 11.6 Å². The molecule has 0 aliphatic heterocycles. The molecule has 2 aromatic heterocycles. The monoisotopic (exact) mass is 442 g/mol. The molecule has 0 saturated carbocycles. The van der Waals surface area contributed by atoms with Gasteiger partial charge < -0.3 is 5.32 Å². The Balaban J connectivity index is 1.65. The van der Waals surface area contributed by atoms with Gasteiger partial charge in [-0.3, -0.25) is 4.79 Å². The van der Waals surface area contributed by atoms with Crippen molar-refractivity contribution < 1.29 is 4.79 Å².